The van der Waals surface area contributed by atoms with Crippen molar-refractivity contribution in [1.29, 1.82) is 0 Å². The zero-order valence-electron chi connectivity index (χ0n) is 13.0. The Morgan fingerprint density at radius 1 is 1.21 bits per heavy atom. The maximum atomic E-state index is 4.72. The molecule has 106 valence electrons. The summed E-state index contributed by atoms with van der Waals surface area (Å²) < 4.78 is 0. The van der Waals surface area contributed by atoms with Crippen molar-refractivity contribution in [2.24, 2.45) is 11.8 Å². The minimum Gasteiger partial charge on any atom is -0.316 e. The molecule has 1 fully saturated rings. The van der Waals surface area contributed by atoms with E-state index in [4.69, 9.17) is 9.97 Å². The van der Waals surface area contributed by atoms with Gasteiger partial charge in [-0.15, -0.1) is 0 Å². The van der Waals surface area contributed by atoms with Crippen molar-refractivity contribution in [3.63, 3.8) is 0 Å². The van der Waals surface area contributed by atoms with E-state index in [1.165, 1.54) is 23.4 Å². The molecule has 1 aromatic heterocycles. The second-order valence-corrected chi connectivity index (χ2v) is 6.40. The van der Waals surface area contributed by atoms with Crippen molar-refractivity contribution in [3.05, 3.63) is 22.8 Å². The van der Waals surface area contributed by atoms with Crippen LogP contribution >= 0.6 is 0 Å². The number of aromatic nitrogens is 2. The third-order valence-corrected chi connectivity index (χ3v) is 3.98. The highest BCUT2D eigenvalue weighted by Gasteiger charge is 2.36. The lowest BCUT2D eigenvalue weighted by atomic mass is 10.1. The molecule has 0 amide bonds. The Morgan fingerprint density at radius 3 is 2.26 bits per heavy atom. The van der Waals surface area contributed by atoms with Gasteiger partial charge in [0.2, 0.25) is 0 Å². The standard InChI is InChI=1S/C16H27N3/c1-10(2)9-17-7-6-14-12(4)18-16(19-13(14)5)15-8-11(15)3/h10-11,15,17H,6-9H2,1-5H3. The molecule has 2 unspecified atom stereocenters. The van der Waals surface area contributed by atoms with Crippen LogP contribution < -0.4 is 5.32 Å². The van der Waals surface area contributed by atoms with Gasteiger partial charge in [-0.1, -0.05) is 20.8 Å². The average molecular weight is 261 g/mol. The van der Waals surface area contributed by atoms with Gasteiger partial charge in [0.1, 0.15) is 5.82 Å². The van der Waals surface area contributed by atoms with Crippen molar-refractivity contribution in [2.45, 2.75) is 53.4 Å². The summed E-state index contributed by atoms with van der Waals surface area (Å²) in [6, 6.07) is 0. The average Bonchev–Trinajstić information content (AvgIpc) is 3.04. The van der Waals surface area contributed by atoms with Crippen LogP contribution in [0, 0.1) is 25.7 Å². The van der Waals surface area contributed by atoms with E-state index in [2.05, 4.69) is 39.9 Å². The normalized spacial score (nSPS) is 22.0. The van der Waals surface area contributed by atoms with Crippen molar-refractivity contribution < 1.29 is 0 Å². The van der Waals surface area contributed by atoms with E-state index in [9.17, 15) is 0 Å². The predicted octanol–water partition coefficient (Wildman–Crippen LogP) is 3.00. The first-order valence-electron chi connectivity index (χ1n) is 7.53. The molecule has 0 saturated heterocycles. The van der Waals surface area contributed by atoms with Gasteiger partial charge in [0.05, 0.1) is 0 Å². The summed E-state index contributed by atoms with van der Waals surface area (Å²) in [5.41, 5.74) is 3.68. The summed E-state index contributed by atoms with van der Waals surface area (Å²) in [7, 11) is 0. The lowest BCUT2D eigenvalue weighted by Crippen LogP contribution is -2.23. The van der Waals surface area contributed by atoms with Crippen LogP contribution in [-0.2, 0) is 6.42 Å². The summed E-state index contributed by atoms with van der Waals surface area (Å²) in [4.78, 5) is 9.44. The predicted molar refractivity (Wildman–Crippen MR) is 79.4 cm³/mol. The summed E-state index contributed by atoms with van der Waals surface area (Å²) in [5, 5.41) is 3.49. The van der Waals surface area contributed by atoms with Gasteiger partial charge in [0, 0.05) is 17.3 Å². The van der Waals surface area contributed by atoms with Crippen LogP contribution in [0.5, 0.6) is 0 Å². The van der Waals surface area contributed by atoms with Crippen LogP contribution in [0.1, 0.15) is 55.9 Å². The molecule has 2 atom stereocenters. The lowest BCUT2D eigenvalue weighted by molar-refractivity contribution is 0.552. The number of rotatable bonds is 6. The molecule has 0 spiro atoms. The molecule has 1 aromatic rings. The topological polar surface area (TPSA) is 37.8 Å². The van der Waals surface area contributed by atoms with E-state index in [1.807, 2.05) is 0 Å². The summed E-state index contributed by atoms with van der Waals surface area (Å²) in [6.45, 7) is 13.1. The van der Waals surface area contributed by atoms with Gasteiger partial charge in [-0.05, 0) is 57.2 Å². The molecule has 1 saturated carbocycles. The van der Waals surface area contributed by atoms with Crippen molar-refractivity contribution >= 4 is 0 Å². The smallest absolute Gasteiger partial charge is 0.132 e. The summed E-state index contributed by atoms with van der Waals surface area (Å²) >= 11 is 0. The Bertz CT molecular complexity index is 417. The quantitative estimate of drug-likeness (QED) is 0.800. The maximum Gasteiger partial charge on any atom is 0.132 e. The van der Waals surface area contributed by atoms with E-state index in [0.717, 1.165) is 31.3 Å². The second kappa shape index (κ2) is 6.00. The minimum absolute atomic E-state index is 0.616. The molecular weight excluding hydrogens is 234 g/mol. The molecule has 1 aliphatic carbocycles. The molecule has 0 aliphatic heterocycles. The van der Waals surface area contributed by atoms with E-state index in [1.54, 1.807) is 0 Å². The van der Waals surface area contributed by atoms with Gasteiger partial charge in [-0.2, -0.15) is 0 Å². The fourth-order valence-corrected chi connectivity index (χ4v) is 2.58. The van der Waals surface area contributed by atoms with Gasteiger partial charge < -0.3 is 5.32 Å². The molecule has 3 heteroatoms. The van der Waals surface area contributed by atoms with Gasteiger partial charge in [0.25, 0.3) is 0 Å². The fraction of sp³-hybridized carbons (Fsp3) is 0.750. The van der Waals surface area contributed by atoms with Crippen LogP contribution in [0.3, 0.4) is 0 Å². The van der Waals surface area contributed by atoms with Gasteiger partial charge >= 0.3 is 0 Å². The van der Waals surface area contributed by atoms with Gasteiger partial charge in [-0.25, -0.2) is 9.97 Å². The molecule has 1 heterocycles. The summed E-state index contributed by atoms with van der Waals surface area (Å²) in [6.07, 6.45) is 2.29. The Hall–Kier alpha value is -0.960. The molecule has 3 nitrogen and oxygen atoms in total. The van der Waals surface area contributed by atoms with E-state index in [0.29, 0.717) is 11.8 Å². The van der Waals surface area contributed by atoms with E-state index in [-0.39, 0.29) is 0 Å². The molecule has 0 bridgehead atoms. The highest BCUT2D eigenvalue weighted by molar-refractivity contribution is 5.26. The molecule has 0 aromatic carbocycles. The third-order valence-electron chi connectivity index (χ3n) is 3.98. The number of hydrogen-bond acceptors (Lipinski definition) is 3. The van der Waals surface area contributed by atoms with E-state index < -0.39 is 0 Å². The Balaban J connectivity index is 1.97. The number of nitrogens with one attached hydrogen (secondary N) is 1. The number of aryl methyl sites for hydroxylation is 2. The van der Waals surface area contributed by atoms with Gasteiger partial charge in [0.15, 0.2) is 0 Å². The largest absolute Gasteiger partial charge is 0.316 e. The minimum atomic E-state index is 0.616. The zero-order chi connectivity index (χ0) is 14.0. The second-order valence-electron chi connectivity index (χ2n) is 6.40. The SMILES string of the molecule is Cc1nc(C2CC2C)nc(C)c1CCNCC(C)C. The van der Waals surface area contributed by atoms with Crippen molar-refractivity contribution in [2.75, 3.05) is 13.1 Å². The number of hydrogen-bond donors (Lipinski definition) is 1. The monoisotopic (exact) mass is 261 g/mol. The van der Waals surface area contributed by atoms with Crippen LogP contribution in [0.2, 0.25) is 0 Å². The van der Waals surface area contributed by atoms with Crippen LogP contribution in [0.4, 0.5) is 0 Å². The molecular formula is C16H27N3. The lowest BCUT2D eigenvalue weighted by Gasteiger charge is -2.12. The molecule has 1 N–H and O–H groups in total. The van der Waals surface area contributed by atoms with Crippen molar-refractivity contribution in [3.8, 4) is 0 Å². The van der Waals surface area contributed by atoms with Crippen molar-refractivity contribution in [1.82, 2.24) is 15.3 Å². The molecule has 2 rings (SSSR count). The van der Waals surface area contributed by atoms with Gasteiger partial charge in [-0.3, -0.25) is 0 Å². The van der Waals surface area contributed by atoms with E-state index >= 15 is 0 Å². The fourth-order valence-electron chi connectivity index (χ4n) is 2.58. The van der Waals surface area contributed by atoms with Crippen LogP contribution in [0.25, 0.3) is 0 Å². The first-order valence-corrected chi connectivity index (χ1v) is 7.53. The Labute approximate surface area is 117 Å². The highest BCUT2D eigenvalue weighted by Crippen LogP contribution is 2.45. The van der Waals surface area contributed by atoms with Crippen LogP contribution in [-0.4, -0.2) is 23.1 Å². The molecule has 19 heavy (non-hydrogen) atoms. The Kier molecular flexibility index (Phi) is 4.56. The first-order chi connectivity index (χ1) is 8.99. The Morgan fingerprint density at radius 2 is 1.79 bits per heavy atom. The number of nitrogens with zero attached hydrogens (tertiary/aromatic N) is 2. The third kappa shape index (κ3) is 3.75. The molecule has 0 radical (unpaired) electrons. The molecule has 1 aliphatic rings. The summed E-state index contributed by atoms with van der Waals surface area (Å²) in [5.74, 6) is 3.17. The highest BCUT2D eigenvalue weighted by atomic mass is 14.9. The first kappa shape index (κ1) is 14.4. The van der Waals surface area contributed by atoms with Crippen LogP contribution in [0.15, 0.2) is 0 Å². The zero-order valence-corrected chi connectivity index (χ0v) is 13.0. The maximum absolute atomic E-state index is 4.72.